The molecule has 2 heterocycles. The standard InChI is InChI=1S/C20H26N2O3S2/c1-15-5-6-19(14-16(15)2)27(24,25)22-11-8-17(9-12-22)20(23)21-10-7-18-4-3-13-26-18/h3-6,13-14,17H,7-12H2,1-2H3,(H,21,23). The fraction of sp³-hybridized carbons (Fsp3) is 0.450. The second-order valence-corrected chi connectivity index (χ2v) is 10.0. The molecule has 0 bridgehead atoms. The number of sulfonamides is 1. The van der Waals surface area contributed by atoms with Crippen LogP contribution in [0, 0.1) is 19.8 Å². The summed E-state index contributed by atoms with van der Waals surface area (Å²) < 4.78 is 27.2. The lowest BCUT2D eigenvalue weighted by Gasteiger charge is -2.30. The number of aryl methyl sites for hydroxylation is 2. The van der Waals surface area contributed by atoms with Crippen LogP contribution < -0.4 is 5.32 Å². The van der Waals surface area contributed by atoms with Crippen molar-refractivity contribution in [1.29, 1.82) is 0 Å². The van der Waals surface area contributed by atoms with Crippen molar-refractivity contribution in [3.8, 4) is 0 Å². The molecule has 0 atom stereocenters. The molecule has 1 fully saturated rings. The van der Waals surface area contributed by atoms with E-state index in [1.165, 1.54) is 9.18 Å². The van der Waals surface area contributed by atoms with E-state index in [4.69, 9.17) is 0 Å². The molecule has 27 heavy (non-hydrogen) atoms. The maximum Gasteiger partial charge on any atom is 0.243 e. The molecule has 7 heteroatoms. The number of benzene rings is 1. The Kier molecular flexibility index (Phi) is 6.34. The number of piperidine rings is 1. The Morgan fingerprint density at radius 3 is 2.56 bits per heavy atom. The van der Waals surface area contributed by atoms with Gasteiger partial charge in [-0.05, 0) is 67.8 Å². The summed E-state index contributed by atoms with van der Waals surface area (Å²) in [5.74, 6) is -0.0747. The molecule has 1 N–H and O–H groups in total. The monoisotopic (exact) mass is 406 g/mol. The first-order valence-electron chi connectivity index (χ1n) is 9.25. The lowest BCUT2D eigenvalue weighted by atomic mass is 9.97. The number of hydrogen-bond donors (Lipinski definition) is 1. The zero-order chi connectivity index (χ0) is 19.4. The molecule has 0 spiro atoms. The minimum Gasteiger partial charge on any atom is -0.355 e. The van der Waals surface area contributed by atoms with Gasteiger partial charge in [0.2, 0.25) is 15.9 Å². The Bertz CT molecular complexity index is 884. The summed E-state index contributed by atoms with van der Waals surface area (Å²) >= 11 is 1.69. The Balaban J connectivity index is 1.53. The van der Waals surface area contributed by atoms with Gasteiger partial charge in [-0.25, -0.2) is 8.42 Å². The van der Waals surface area contributed by atoms with Gasteiger partial charge in [0, 0.05) is 30.4 Å². The number of carbonyl (C=O) groups is 1. The highest BCUT2D eigenvalue weighted by Gasteiger charge is 2.32. The molecular weight excluding hydrogens is 380 g/mol. The van der Waals surface area contributed by atoms with Gasteiger partial charge in [0.1, 0.15) is 0 Å². The molecule has 1 amide bonds. The number of hydrogen-bond acceptors (Lipinski definition) is 4. The lowest BCUT2D eigenvalue weighted by molar-refractivity contribution is -0.126. The minimum atomic E-state index is -3.49. The smallest absolute Gasteiger partial charge is 0.243 e. The van der Waals surface area contributed by atoms with Crippen molar-refractivity contribution in [2.24, 2.45) is 5.92 Å². The first kappa shape index (κ1) is 20.0. The highest BCUT2D eigenvalue weighted by Crippen LogP contribution is 2.25. The maximum atomic E-state index is 12.9. The van der Waals surface area contributed by atoms with Crippen LogP contribution in [0.2, 0.25) is 0 Å². The van der Waals surface area contributed by atoms with Gasteiger partial charge in [0.15, 0.2) is 0 Å². The molecule has 1 aromatic carbocycles. The highest BCUT2D eigenvalue weighted by atomic mass is 32.2. The number of nitrogens with one attached hydrogen (secondary N) is 1. The van der Waals surface area contributed by atoms with Crippen molar-refractivity contribution < 1.29 is 13.2 Å². The van der Waals surface area contributed by atoms with Crippen molar-refractivity contribution in [3.63, 3.8) is 0 Å². The van der Waals surface area contributed by atoms with Gasteiger partial charge in [-0.2, -0.15) is 4.31 Å². The van der Waals surface area contributed by atoms with Crippen LogP contribution in [-0.2, 0) is 21.2 Å². The van der Waals surface area contributed by atoms with Gasteiger partial charge in [-0.1, -0.05) is 12.1 Å². The first-order chi connectivity index (χ1) is 12.9. The van der Waals surface area contributed by atoms with E-state index in [1.54, 1.807) is 23.5 Å². The Morgan fingerprint density at radius 2 is 1.93 bits per heavy atom. The number of nitrogens with zero attached hydrogens (tertiary/aromatic N) is 1. The summed E-state index contributed by atoms with van der Waals surface area (Å²) in [4.78, 5) is 14.0. The van der Waals surface area contributed by atoms with Crippen LogP contribution >= 0.6 is 11.3 Å². The molecule has 5 nitrogen and oxygen atoms in total. The predicted molar refractivity (Wildman–Crippen MR) is 108 cm³/mol. The molecule has 3 rings (SSSR count). The third-order valence-corrected chi connectivity index (χ3v) is 8.02. The van der Waals surface area contributed by atoms with Gasteiger partial charge in [0.25, 0.3) is 0 Å². The fourth-order valence-corrected chi connectivity index (χ4v) is 5.55. The molecule has 146 valence electrons. The van der Waals surface area contributed by atoms with Crippen LogP contribution in [0.4, 0.5) is 0 Å². The molecule has 0 unspecified atom stereocenters. The zero-order valence-electron chi connectivity index (χ0n) is 15.8. The van der Waals surface area contributed by atoms with Crippen molar-refractivity contribution in [3.05, 3.63) is 51.7 Å². The number of amides is 1. The third kappa shape index (κ3) is 4.78. The largest absolute Gasteiger partial charge is 0.355 e. The second-order valence-electron chi connectivity index (χ2n) is 7.04. The molecule has 0 radical (unpaired) electrons. The van der Waals surface area contributed by atoms with E-state index in [-0.39, 0.29) is 11.8 Å². The zero-order valence-corrected chi connectivity index (χ0v) is 17.4. The first-order valence-corrected chi connectivity index (χ1v) is 11.6. The Morgan fingerprint density at radius 1 is 1.19 bits per heavy atom. The number of rotatable bonds is 6. The third-order valence-electron chi connectivity index (χ3n) is 5.19. The van der Waals surface area contributed by atoms with Crippen LogP contribution in [0.1, 0.15) is 28.8 Å². The molecular formula is C20H26N2O3S2. The van der Waals surface area contributed by atoms with Crippen molar-refractivity contribution in [2.45, 2.75) is 38.0 Å². The van der Waals surface area contributed by atoms with Gasteiger partial charge in [0.05, 0.1) is 4.90 Å². The molecule has 0 aliphatic carbocycles. The quantitative estimate of drug-likeness (QED) is 0.801. The second kappa shape index (κ2) is 8.54. The van der Waals surface area contributed by atoms with Crippen LogP contribution in [0.3, 0.4) is 0 Å². The lowest BCUT2D eigenvalue weighted by Crippen LogP contribution is -2.43. The maximum absolute atomic E-state index is 12.9. The summed E-state index contributed by atoms with van der Waals surface area (Å²) in [5.41, 5.74) is 2.04. The predicted octanol–water partition coefficient (Wildman–Crippen LogP) is 3.12. The van der Waals surface area contributed by atoms with Gasteiger partial charge in [-0.15, -0.1) is 11.3 Å². The van der Waals surface area contributed by atoms with Crippen molar-refractivity contribution in [2.75, 3.05) is 19.6 Å². The van der Waals surface area contributed by atoms with Crippen LogP contribution in [-0.4, -0.2) is 38.3 Å². The number of thiophene rings is 1. The molecule has 1 saturated heterocycles. The SMILES string of the molecule is Cc1ccc(S(=O)(=O)N2CCC(C(=O)NCCc3cccs3)CC2)cc1C. The average Bonchev–Trinajstić information content (AvgIpc) is 3.17. The topological polar surface area (TPSA) is 66.5 Å². The average molecular weight is 407 g/mol. The van der Waals surface area contributed by atoms with Crippen molar-refractivity contribution >= 4 is 27.3 Å². The number of carbonyl (C=O) groups excluding carboxylic acids is 1. The van der Waals surface area contributed by atoms with Crippen LogP contribution in [0.15, 0.2) is 40.6 Å². The van der Waals surface area contributed by atoms with E-state index in [1.807, 2.05) is 31.4 Å². The summed E-state index contributed by atoms with van der Waals surface area (Å²) in [6, 6.07) is 9.31. The Labute approximate surface area is 165 Å². The normalized spacial score (nSPS) is 16.4. The van der Waals surface area contributed by atoms with E-state index >= 15 is 0 Å². The van der Waals surface area contributed by atoms with Crippen LogP contribution in [0.25, 0.3) is 0 Å². The minimum absolute atomic E-state index is 0.0368. The summed E-state index contributed by atoms with van der Waals surface area (Å²) in [6.07, 6.45) is 1.97. The van der Waals surface area contributed by atoms with E-state index in [0.717, 1.165) is 17.5 Å². The molecule has 1 aromatic heterocycles. The summed E-state index contributed by atoms with van der Waals surface area (Å²) in [5, 5.41) is 5.02. The molecule has 0 saturated carbocycles. The summed E-state index contributed by atoms with van der Waals surface area (Å²) in [7, 11) is -3.49. The molecule has 2 aromatic rings. The van der Waals surface area contributed by atoms with E-state index in [9.17, 15) is 13.2 Å². The fourth-order valence-electron chi connectivity index (χ4n) is 3.29. The van der Waals surface area contributed by atoms with Gasteiger partial charge in [-0.3, -0.25) is 4.79 Å². The van der Waals surface area contributed by atoms with E-state index in [0.29, 0.717) is 37.4 Å². The highest BCUT2D eigenvalue weighted by molar-refractivity contribution is 7.89. The molecule has 1 aliphatic heterocycles. The van der Waals surface area contributed by atoms with Crippen LogP contribution in [0.5, 0.6) is 0 Å². The van der Waals surface area contributed by atoms with E-state index in [2.05, 4.69) is 11.4 Å². The van der Waals surface area contributed by atoms with Crippen molar-refractivity contribution in [1.82, 2.24) is 9.62 Å². The van der Waals surface area contributed by atoms with Gasteiger partial charge >= 0.3 is 0 Å². The Hall–Kier alpha value is -1.70. The summed E-state index contributed by atoms with van der Waals surface area (Å²) in [6.45, 7) is 5.28. The molecule has 1 aliphatic rings. The van der Waals surface area contributed by atoms with Gasteiger partial charge < -0.3 is 5.32 Å². The van der Waals surface area contributed by atoms with E-state index < -0.39 is 10.0 Å².